The highest BCUT2D eigenvalue weighted by Gasteiger charge is 2.26. The van der Waals surface area contributed by atoms with Gasteiger partial charge in [-0.05, 0) is 0 Å². The number of nitrogens with zero attached hydrogens (tertiary/aromatic N) is 1. The Balaban J connectivity index is 2.51. The maximum absolute atomic E-state index is 10.6. The molecule has 1 fully saturated rings. The highest BCUT2D eigenvalue weighted by atomic mass is 79.9. The summed E-state index contributed by atoms with van der Waals surface area (Å²) >= 11 is 8.68. The van der Waals surface area contributed by atoms with Crippen LogP contribution >= 0.6 is 27.7 Å². The molecular weight excluding hydrogens is 193 g/mol. The first-order chi connectivity index (χ1) is 3.70. The van der Waals surface area contributed by atoms with Gasteiger partial charge in [-0.3, -0.25) is 4.79 Å². The molecule has 4 heteroatoms. The number of Topliss-reactive ketones (excluding diaryl/α,β-unsaturated/α-hetero) is 1. The molecule has 0 aromatic carbocycles. The molecule has 1 atom stereocenters. The number of ketones is 1. The summed E-state index contributed by atoms with van der Waals surface area (Å²) in [5.74, 6) is 0.101. The van der Waals surface area contributed by atoms with Crippen molar-refractivity contribution in [3.8, 4) is 0 Å². The molecule has 0 saturated carbocycles. The van der Waals surface area contributed by atoms with Crippen LogP contribution in [0.15, 0.2) is 0 Å². The molecule has 0 amide bonds. The van der Waals surface area contributed by atoms with E-state index in [0.29, 0.717) is 13.1 Å². The molecule has 1 rings (SSSR count). The topological polar surface area (TPSA) is 20.3 Å². The first-order valence-corrected chi connectivity index (χ1v) is 3.42. The molecule has 1 heterocycles. The van der Waals surface area contributed by atoms with Crippen LogP contribution in [0.2, 0.25) is 0 Å². The largest absolute Gasteiger partial charge is 0.296 e. The Hall–Kier alpha value is 0.400. The Labute approximate surface area is 61.1 Å². The van der Waals surface area contributed by atoms with E-state index >= 15 is 0 Å². The molecule has 46 valence electrons. The van der Waals surface area contributed by atoms with Crippen LogP contribution in [0.1, 0.15) is 0 Å². The number of hydrogen-bond acceptors (Lipinski definition) is 2. The predicted molar refractivity (Wildman–Crippen MR) is 35.1 cm³/mol. The lowest BCUT2D eigenvalue weighted by molar-refractivity contribution is -0.116. The zero-order chi connectivity index (χ0) is 6.15. The Kier molecular flexibility index (Phi) is 1.90. The van der Waals surface area contributed by atoms with Gasteiger partial charge in [0.25, 0.3) is 0 Å². The van der Waals surface area contributed by atoms with Crippen molar-refractivity contribution in [3.63, 3.8) is 0 Å². The summed E-state index contributed by atoms with van der Waals surface area (Å²) in [6.45, 7) is 1.06. The third-order valence-corrected chi connectivity index (χ3v) is 1.96. The van der Waals surface area contributed by atoms with Crippen LogP contribution in [-0.4, -0.2) is 28.2 Å². The van der Waals surface area contributed by atoms with Crippen molar-refractivity contribution in [3.05, 3.63) is 0 Å². The van der Waals surface area contributed by atoms with Gasteiger partial charge in [-0.1, -0.05) is 0 Å². The SMILES string of the molecule is O=C1CN(Br)CC1Cl. The molecule has 0 aliphatic carbocycles. The molecular formula is C4H5BrClNO. The smallest absolute Gasteiger partial charge is 0.166 e. The number of rotatable bonds is 0. The van der Waals surface area contributed by atoms with Crippen molar-refractivity contribution in [2.45, 2.75) is 5.38 Å². The van der Waals surface area contributed by atoms with Gasteiger partial charge in [-0.2, -0.15) is 0 Å². The predicted octanol–water partition coefficient (Wildman–Crippen LogP) is 0.788. The van der Waals surface area contributed by atoms with Gasteiger partial charge in [0, 0.05) is 22.7 Å². The van der Waals surface area contributed by atoms with E-state index in [4.69, 9.17) is 11.6 Å². The molecule has 0 bridgehead atoms. The summed E-state index contributed by atoms with van der Waals surface area (Å²) in [6, 6.07) is 0. The van der Waals surface area contributed by atoms with E-state index in [1.807, 2.05) is 0 Å². The summed E-state index contributed by atoms with van der Waals surface area (Å²) in [4.78, 5) is 10.6. The molecule has 1 aliphatic heterocycles. The van der Waals surface area contributed by atoms with E-state index in [9.17, 15) is 4.79 Å². The van der Waals surface area contributed by atoms with Crippen molar-refractivity contribution in [2.24, 2.45) is 0 Å². The molecule has 0 N–H and O–H groups in total. The van der Waals surface area contributed by atoms with Gasteiger partial charge in [0.2, 0.25) is 0 Å². The maximum atomic E-state index is 10.6. The molecule has 0 aromatic rings. The van der Waals surface area contributed by atoms with Crippen molar-refractivity contribution in [1.82, 2.24) is 3.93 Å². The highest BCUT2D eigenvalue weighted by molar-refractivity contribution is 9.07. The molecule has 2 nitrogen and oxygen atoms in total. The average Bonchev–Trinajstić information content (AvgIpc) is 1.85. The van der Waals surface area contributed by atoms with Gasteiger partial charge >= 0.3 is 0 Å². The van der Waals surface area contributed by atoms with Gasteiger partial charge in [-0.25, -0.2) is 3.93 Å². The molecule has 8 heavy (non-hydrogen) atoms. The molecule has 1 aliphatic rings. The molecule has 0 aromatic heterocycles. The lowest BCUT2D eigenvalue weighted by Gasteiger charge is -1.97. The Morgan fingerprint density at radius 2 is 2.50 bits per heavy atom. The van der Waals surface area contributed by atoms with Gasteiger partial charge in [0.05, 0.1) is 6.54 Å². The summed E-state index contributed by atoms with van der Waals surface area (Å²) in [7, 11) is 0. The van der Waals surface area contributed by atoms with Crippen molar-refractivity contribution < 1.29 is 4.79 Å². The van der Waals surface area contributed by atoms with Crippen LogP contribution in [-0.2, 0) is 4.79 Å². The van der Waals surface area contributed by atoms with Crippen LogP contribution in [0.4, 0.5) is 0 Å². The van der Waals surface area contributed by atoms with E-state index < -0.39 is 0 Å². The average molecular weight is 198 g/mol. The third-order valence-electron chi connectivity index (χ3n) is 1.04. The van der Waals surface area contributed by atoms with Crippen molar-refractivity contribution >= 4 is 33.5 Å². The first kappa shape index (κ1) is 6.52. The number of carbonyl (C=O) groups excluding carboxylic acids is 1. The molecule has 1 saturated heterocycles. The second-order valence-electron chi connectivity index (χ2n) is 1.74. The highest BCUT2D eigenvalue weighted by Crippen LogP contribution is 2.13. The third kappa shape index (κ3) is 1.21. The number of halogens is 2. The lowest BCUT2D eigenvalue weighted by atomic mass is 10.3. The lowest BCUT2D eigenvalue weighted by Crippen LogP contribution is -2.08. The summed E-state index contributed by atoms with van der Waals surface area (Å²) in [5.41, 5.74) is 0. The van der Waals surface area contributed by atoms with E-state index in [1.165, 1.54) is 0 Å². The maximum Gasteiger partial charge on any atom is 0.166 e. The molecule has 0 radical (unpaired) electrons. The Morgan fingerprint density at radius 3 is 2.62 bits per heavy atom. The van der Waals surface area contributed by atoms with Gasteiger partial charge < -0.3 is 0 Å². The van der Waals surface area contributed by atoms with Crippen LogP contribution in [0, 0.1) is 0 Å². The van der Waals surface area contributed by atoms with Gasteiger partial charge in [0.1, 0.15) is 5.38 Å². The summed E-state index contributed by atoms with van der Waals surface area (Å²) < 4.78 is 1.73. The second kappa shape index (κ2) is 2.33. The minimum absolute atomic E-state index is 0.101. The number of hydrogen-bond donors (Lipinski definition) is 0. The van der Waals surface area contributed by atoms with Gasteiger partial charge in [-0.15, -0.1) is 11.6 Å². The Morgan fingerprint density at radius 1 is 1.88 bits per heavy atom. The van der Waals surface area contributed by atoms with Crippen molar-refractivity contribution in [2.75, 3.05) is 13.1 Å². The van der Waals surface area contributed by atoms with Crippen LogP contribution in [0.25, 0.3) is 0 Å². The summed E-state index contributed by atoms with van der Waals surface area (Å²) in [5, 5.41) is -0.297. The minimum Gasteiger partial charge on any atom is -0.296 e. The zero-order valence-corrected chi connectivity index (χ0v) is 6.44. The molecule has 0 spiro atoms. The van der Waals surface area contributed by atoms with Crippen LogP contribution in [0.5, 0.6) is 0 Å². The zero-order valence-electron chi connectivity index (χ0n) is 4.10. The van der Waals surface area contributed by atoms with Crippen LogP contribution < -0.4 is 0 Å². The van der Waals surface area contributed by atoms with Gasteiger partial charge in [0.15, 0.2) is 5.78 Å². The van der Waals surface area contributed by atoms with Crippen LogP contribution in [0.3, 0.4) is 0 Å². The van der Waals surface area contributed by atoms with E-state index in [1.54, 1.807) is 3.93 Å². The quantitative estimate of drug-likeness (QED) is 0.424. The first-order valence-electron chi connectivity index (χ1n) is 2.27. The summed E-state index contributed by atoms with van der Waals surface area (Å²) in [6.07, 6.45) is 0. The fourth-order valence-electron chi connectivity index (χ4n) is 0.608. The fraction of sp³-hybridized carbons (Fsp3) is 0.750. The number of alkyl halides is 1. The monoisotopic (exact) mass is 197 g/mol. The normalized spacial score (nSPS) is 31.8. The van der Waals surface area contributed by atoms with E-state index in [0.717, 1.165) is 0 Å². The van der Waals surface area contributed by atoms with Crippen molar-refractivity contribution in [1.29, 1.82) is 0 Å². The molecule has 1 unspecified atom stereocenters. The minimum atomic E-state index is -0.297. The standard InChI is InChI=1S/C4H5BrClNO/c5-7-1-3(6)4(8)2-7/h3H,1-2H2. The number of carbonyl (C=O) groups is 1. The van der Waals surface area contributed by atoms with E-state index in [2.05, 4.69) is 16.1 Å². The second-order valence-corrected chi connectivity index (χ2v) is 3.27. The fourth-order valence-corrected chi connectivity index (χ4v) is 1.55. The van der Waals surface area contributed by atoms with E-state index in [-0.39, 0.29) is 11.2 Å². The Bertz CT molecular complexity index is 119.